The molecule has 0 spiro atoms. The zero-order chi connectivity index (χ0) is 15.2. The smallest absolute Gasteiger partial charge is 0.189 e. The standard InChI is InChI=1S/C15H28N4O/c1-6-19(7-2)12(13-9-8-10-20-13)11-17-14(16)18-15(3,4)5/h8-10,12H,6-7,11H2,1-5H3,(H3,16,17,18). The van der Waals surface area contributed by atoms with Crippen LogP contribution in [0.25, 0.3) is 0 Å². The molecule has 0 aliphatic carbocycles. The maximum atomic E-state index is 5.93. The number of nitrogens with two attached hydrogens (primary N) is 1. The van der Waals surface area contributed by atoms with Gasteiger partial charge in [0, 0.05) is 5.54 Å². The molecule has 0 saturated carbocycles. The predicted octanol–water partition coefficient (Wildman–Crippen LogP) is 2.37. The summed E-state index contributed by atoms with van der Waals surface area (Å²) >= 11 is 0. The summed E-state index contributed by atoms with van der Waals surface area (Å²) in [7, 11) is 0. The van der Waals surface area contributed by atoms with Crippen molar-refractivity contribution in [1.82, 2.24) is 10.2 Å². The van der Waals surface area contributed by atoms with Gasteiger partial charge in [-0.1, -0.05) is 13.8 Å². The number of rotatable bonds is 6. The van der Waals surface area contributed by atoms with Crippen LogP contribution in [0.3, 0.4) is 0 Å². The third kappa shape index (κ3) is 5.25. The van der Waals surface area contributed by atoms with Crippen LogP contribution >= 0.6 is 0 Å². The topological polar surface area (TPSA) is 66.8 Å². The van der Waals surface area contributed by atoms with Crippen molar-refractivity contribution >= 4 is 5.96 Å². The SMILES string of the molecule is CCN(CC)C(CN=C(N)NC(C)(C)C)c1ccco1. The van der Waals surface area contributed by atoms with Gasteiger partial charge in [0.05, 0.1) is 18.8 Å². The lowest BCUT2D eigenvalue weighted by Gasteiger charge is -2.27. The van der Waals surface area contributed by atoms with Crippen LogP contribution in [0.5, 0.6) is 0 Å². The molecule has 1 aromatic rings. The third-order valence-electron chi connectivity index (χ3n) is 3.06. The first kappa shape index (κ1) is 16.6. The molecular weight excluding hydrogens is 252 g/mol. The highest BCUT2D eigenvalue weighted by Crippen LogP contribution is 2.21. The van der Waals surface area contributed by atoms with Gasteiger partial charge in [-0.25, -0.2) is 0 Å². The van der Waals surface area contributed by atoms with E-state index in [1.165, 1.54) is 0 Å². The Hall–Kier alpha value is -1.49. The molecule has 1 atom stereocenters. The second-order valence-corrected chi connectivity index (χ2v) is 5.85. The molecular formula is C15H28N4O. The Balaban J connectivity index is 2.78. The Morgan fingerprint density at radius 1 is 1.40 bits per heavy atom. The van der Waals surface area contributed by atoms with Crippen LogP contribution in [0, 0.1) is 0 Å². The lowest BCUT2D eigenvalue weighted by atomic mass is 10.1. The fourth-order valence-electron chi connectivity index (χ4n) is 2.14. The summed E-state index contributed by atoms with van der Waals surface area (Å²) in [6.45, 7) is 12.9. The molecule has 1 rings (SSSR count). The van der Waals surface area contributed by atoms with Crippen molar-refractivity contribution in [3.05, 3.63) is 24.2 Å². The van der Waals surface area contributed by atoms with Gasteiger partial charge in [-0.05, 0) is 46.0 Å². The van der Waals surface area contributed by atoms with Gasteiger partial charge in [0.15, 0.2) is 5.96 Å². The van der Waals surface area contributed by atoms with E-state index >= 15 is 0 Å². The molecule has 114 valence electrons. The highest BCUT2D eigenvalue weighted by molar-refractivity contribution is 5.78. The van der Waals surface area contributed by atoms with Crippen molar-refractivity contribution in [2.24, 2.45) is 10.7 Å². The number of likely N-dealkylation sites (N-methyl/N-ethyl adjacent to an activating group) is 1. The number of hydrogen-bond donors (Lipinski definition) is 2. The van der Waals surface area contributed by atoms with E-state index in [-0.39, 0.29) is 11.6 Å². The van der Waals surface area contributed by atoms with Gasteiger partial charge >= 0.3 is 0 Å². The van der Waals surface area contributed by atoms with Crippen molar-refractivity contribution in [1.29, 1.82) is 0 Å². The van der Waals surface area contributed by atoms with E-state index < -0.39 is 0 Å². The molecule has 0 aromatic carbocycles. The van der Waals surface area contributed by atoms with Crippen molar-refractivity contribution in [3.63, 3.8) is 0 Å². The molecule has 0 aliphatic heterocycles. The Bertz CT molecular complexity index is 402. The number of guanidine groups is 1. The maximum Gasteiger partial charge on any atom is 0.189 e. The minimum Gasteiger partial charge on any atom is -0.468 e. The number of nitrogens with zero attached hydrogens (tertiary/aromatic N) is 2. The summed E-state index contributed by atoms with van der Waals surface area (Å²) < 4.78 is 5.54. The Morgan fingerprint density at radius 2 is 2.05 bits per heavy atom. The van der Waals surface area contributed by atoms with Gasteiger partial charge in [-0.2, -0.15) is 0 Å². The van der Waals surface area contributed by atoms with Gasteiger partial charge in [-0.15, -0.1) is 0 Å². The number of nitrogens with one attached hydrogen (secondary N) is 1. The summed E-state index contributed by atoms with van der Waals surface area (Å²) in [4.78, 5) is 6.78. The van der Waals surface area contributed by atoms with Crippen molar-refractivity contribution < 1.29 is 4.42 Å². The summed E-state index contributed by atoms with van der Waals surface area (Å²) in [5.74, 6) is 1.40. The molecule has 0 amide bonds. The molecule has 1 heterocycles. The maximum absolute atomic E-state index is 5.93. The van der Waals surface area contributed by atoms with Crippen LogP contribution in [0.1, 0.15) is 46.4 Å². The van der Waals surface area contributed by atoms with E-state index in [9.17, 15) is 0 Å². The van der Waals surface area contributed by atoms with Gasteiger partial charge in [0.1, 0.15) is 5.76 Å². The highest BCUT2D eigenvalue weighted by atomic mass is 16.3. The van der Waals surface area contributed by atoms with E-state index in [2.05, 4.69) is 49.8 Å². The molecule has 0 saturated heterocycles. The minimum atomic E-state index is -0.0804. The zero-order valence-electron chi connectivity index (χ0n) is 13.3. The Kier molecular flexibility index (Phi) is 6.07. The molecule has 20 heavy (non-hydrogen) atoms. The molecule has 0 aliphatic rings. The van der Waals surface area contributed by atoms with E-state index in [0.717, 1.165) is 18.8 Å². The Labute approximate surface area is 122 Å². The third-order valence-corrected chi connectivity index (χ3v) is 3.06. The van der Waals surface area contributed by atoms with Gasteiger partial charge < -0.3 is 15.5 Å². The second kappa shape index (κ2) is 7.33. The van der Waals surface area contributed by atoms with Gasteiger partial charge in [0.25, 0.3) is 0 Å². The van der Waals surface area contributed by atoms with Gasteiger partial charge in [0.2, 0.25) is 0 Å². The van der Waals surface area contributed by atoms with Crippen LogP contribution in [0.2, 0.25) is 0 Å². The minimum absolute atomic E-state index is 0.0804. The average molecular weight is 280 g/mol. The van der Waals surface area contributed by atoms with Crippen molar-refractivity contribution in [2.45, 2.75) is 46.2 Å². The van der Waals surface area contributed by atoms with E-state index in [0.29, 0.717) is 12.5 Å². The van der Waals surface area contributed by atoms with Crippen LogP contribution in [-0.4, -0.2) is 36.0 Å². The molecule has 1 aromatic heterocycles. The second-order valence-electron chi connectivity index (χ2n) is 5.85. The number of hydrogen-bond acceptors (Lipinski definition) is 3. The molecule has 3 N–H and O–H groups in total. The highest BCUT2D eigenvalue weighted by Gasteiger charge is 2.20. The lowest BCUT2D eigenvalue weighted by Crippen LogP contribution is -2.45. The van der Waals surface area contributed by atoms with Gasteiger partial charge in [-0.3, -0.25) is 9.89 Å². The first-order valence-electron chi connectivity index (χ1n) is 7.23. The molecule has 0 fully saturated rings. The summed E-state index contributed by atoms with van der Waals surface area (Å²) in [5.41, 5.74) is 5.85. The monoisotopic (exact) mass is 280 g/mol. The van der Waals surface area contributed by atoms with E-state index in [4.69, 9.17) is 10.2 Å². The van der Waals surface area contributed by atoms with Crippen molar-refractivity contribution in [3.8, 4) is 0 Å². The fourth-order valence-corrected chi connectivity index (χ4v) is 2.14. The van der Waals surface area contributed by atoms with E-state index in [1.807, 2.05) is 12.1 Å². The quantitative estimate of drug-likeness (QED) is 0.620. The first-order chi connectivity index (χ1) is 9.37. The van der Waals surface area contributed by atoms with Crippen LogP contribution in [0.15, 0.2) is 27.8 Å². The summed E-state index contributed by atoms with van der Waals surface area (Å²) in [6, 6.07) is 4.03. The van der Waals surface area contributed by atoms with Crippen LogP contribution in [-0.2, 0) is 0 Å². The van der Waals surface area contributed by atoms with Crippen LogP contribution in [0.4, 0.5) is 0 Å². The largest absolute Gasteiger partial charge is 0.468 e. The number of furan rings is 1. The molecule has 5 nitrogen and oxygen atoms in total. The molecule has 1 unspecified atom stereocenters. The lowest BCUT2D eigenvalue weighted by molar-refractivity contribution is 0.198. The Morgan fingerprint density at radius 3 is 2.50 bits per heavy atom. The average Bonchev–Trinajstić information content (AvgIpc) is 2.85. The summed E-state index contributed by atoms with van der Waals surface area (Å²) in [6.07, 6.45) is 1.70. The van der Waals surface area contributed by atoms with Crippen molar-refractivity contribution in [2.75, 3.05) is 19.6 Å². The summed E-state index contributed by atoms with van der Waals surface area (Å²) in [5, 5.41) is 3.17. The van der Waals surface area contributed by atoms with E-state index in [1.54, 1.807) is 6.26 Å². The fraction of sp³-hybridized carbons (Fsp3) is 0.667. The zero-order valence-corrected chi connectivity index (χ0v) is 13.3. The number of aliphatic imine (C=N–C) groups is 1. The molecule has 5 heteroatoms. The first-order valence-corrected chi connectivity index (χ1v) is 7.23. The normalized spacial score (nSPS) is 14.6. The molecule has 0 radical (unpaired) electrons. The van der Waals surface area contributed by atoms with Crippen LogP contribution < -0.4 is 11.1 Å². The predicted molar refractivity (Wildman–Crippen MR) is 83.7 cm³/mol. The molecule has 0 bridgehead atoms.